The van der Waals surface area contributed by atoms with Crippen molar-refractivity contribution in [2.75, 3.05) is 45.2 Å². The average molecular weight is 445 g/mol. The highest BCUT2D eigenvalue weighted by molar-refractivity contribution is 6.21. The molecule has 0 spiro atoms. The Labute approximate surface area is 188 Å². The van der Waals surface area contributed by atoms with Crippen molar-refractivity contribution in [1.29, 1.82) is 0 Å². The van der Waals surface area contributed by atoms with Crippen LogP contribution in [0.1, 0.15) is 53.8 Å². The summed E-state index contributed by atoms with van der Waals surface area (Å²) in [4.78, 5) is 51.9. The fraction of sp³-hybridized carbons (Fsp3) is 0.565. The first-order valence-corrected chi connectivity index (χ1v) is 11.1. The van der Waals surface area contributed by atoms with Crippen LogP contribution in [0.5, 0.6) is 0 Å². The van der Waals surface area contributed by atoms with Gasteiger partial charge >= 0.3 is 0 Å². The van der Waals surface area contributed by atoms with E-state index in [-0.39, 0.29) is 42.2 Å². The van der Waals surface area contributed by atoms with Gasteiger partial charge in [-0.3, -0.25) is 29.0 Å². The highest BCUT2D eigenvalue weighted by Gasteiger charge is 2.33. The summed E-state index contributed by atoms with van der Waals surface area (Å²) in [5.41, 5.74) is 1.14. The van der Waals surface area contributed by atoms with Crippen molar-refractivity contribution in [3.05, 3.63) is 29.3 Å². The summed E-state index contributed by atoms with van der Waals surface area (Å²) in [6.07, 6.45) is 2.41. The largest absolute Gasteiger partial charge is 0.379 e. The van der Waals surface area contributed by atoms with Crippen LogP contribution >= 0.6 is 0 Å². The summed E-state index contributed by atoms with van der Waals surface area (Å²) >= 11 is 0. The average Bonchev–Trinajstić information content (AvgIpc) is 2.97. The molecule has 0 bridgehead atoms. The van der Waals surface area contributed by atoms with E-state index in [0.717, 1.165) is 11.3 Å². The van der Waals surface area contributed by atoms with Gasteiger partial charge in [-0.15, -0.1) is 0 Å². The molecule has 2 aliphatic rings. The molecule has 0 saturated carbocycles. The van der Waals surface area contributed by atoms with Gasteiger partial charge in [0.05, 0.1) is 23.8 Å². The number of nitrogens with zero attached hydrogens (tertiary/aromatic N) is 2. The van der Waals surface area contributed by atoms with Crippen LogP contribution in [0.15, 0.2) is 18.2 Å². The number of likely N-dealkylation sites (tertiary alicyclic amines) is 1. The van der Waals surface area contributed by atoms with Crippen LogP contribution < -0.4 is 10.6 Å². The van der Waals surface area contributed by atoms with Crippen LogP contribution in [0.3, 0.4) is 0 Å². The van der Waals surface area contributed by atoms with Crippen molar-refractivity contribution in [3.63, 3.8) is 0 Å². The number of amides is 4. The topological polar surface area (TPSA) is 108 Å². The number of carbonyl (C=O) groups is 4. The molecule has 0 aromatic heterocycles. The first-order chi connectivity index (χ1) is 15.3. The van der Waals surface area contributed by atoms with E-state index in [1.165, 1.54) is 7.05 Å². The Kier molecular flexibility index (Phi) is 7.98. The van der Waals surface area contributed by atoms with Crippen LogP contribution in [-0.2, 0) is 14.3 Å². The van der Waals surface area contributed by atoms with E-state index in [2.05, 4.69) is 10.6 Å². The van der Waals surface area contributed by atoms with Gasteiger partial charge in [0.15, 0.2) is 0 Å². The van der Waals surface area contributed by atoms with Gasteiger partial charge in [-0.25, -0.2) is 0 Å². The first-order valence-electron chi connectivity index (χ1n) is 11.1. The van der Waals surface area contributed by atoms with Gasteiger partial charge in [-0.05, 0) is 64.4 Å². The lowest BCUT2D eigenvalue weighted by molar-refractivity contribution is -0.126. The molecule has 0 atom stereocenters. The van der Waals surface area contributed by atoms with Crippen molar-refractivity contribution in [2.45, 2.75) is 39.2 Å². The molecular weight excluding hydrogens is 412 g/mol. The number of hydrogen-bond acceptors (Lipinski definition) is 6. The van der Waals surface area contributed by atoms with Crippen molar-refractivity contribution < 1.29 is 23.9 Å². The van der Waals surface area contributed by atoms with Crippen molar-refractivity contribution in [1.82, 2.24) is 15.1 Å². The molecule has 174 valence electrons. The van der Waals surface area contributed by atoms with Gasteiger partial charge < -0.3 is 15.4 Å². The number of carbonyl (C=O) groups excluding carboxylic acids is 4. The second kappa shape index (κ2) is 10.7. The molecule has 1 aromatic rings. The monoisotopic (exact) mass is 444 g/mol. The molecule has 2 aliphatic heterocycles. The minimum absolute atomic E-state index is 0.0300. The Morgan fingerprint density at radius 1 is 1.12 bits per heavy atom. The number of hydrogen-bond donors (Lipinski definition) is 2. The summed E-state index contributed by atoms with van der Waals surface area (Å²) in [5.74, 6) is -0.853. The van der Waals surface area contributed by atoms with E-state index in [1.54, 1.807) is 18.2 Å². The zero-order valence-electron chi connectivity index (χ0n) is 19.0. The Morgan fingerprint density at radius 3 is 2.50 bits per heavy atom. The highest BCUT2D eigenvalue weighted by Crippen LogP contribution is 2.25. The third-order valence-corrected chi connectivity index (χ3v) is 5.77. The highest BCUT2D eigenvalue weighted by atomic mass is 16.5. The SMILES string of the molecule is CC(C)OCCCNC(=O)C1CCN(CC(=O)Nc2ccc3c(c2)C(=O)N(C)C3=O)CC1. The molecule has 2 N–H and O–H groups in total. The summed E-state index contributed by atoms with van der Waals surface area (Å²) in [6.45, 7) is 6.77. The third-order valence-electron chi connectivity index (χ3n) is 5.77. The number of ether oxygens (including phenoxy) is 1. The minimum atomic E-state index is -0.367. The molecule has 1 fully saturated rings. The Morgan fingerprint density at radius 2 is 1.81 bits per heavy atom. The van der Waals surface area contributed by atoms with Gasteiger partial charge in [0.25, 0.3) is 11.8 Å². The Bertz CT molecular complexity index is 877. The predicted octanol–water partition coefficient (Wildman–Crippen LogP) is 1.49. The van der Waals surface area contributed by atoms with Gasteiger partial charge in [0.2, 0.25) is 11.8 Å². The Hall–Kier alpha value is -2.78. The van der Waals surface area contributed by atoms with Gasteiger partial charge in [-0.2, -0.15) is 0 Å². The maximum Gasteiger partial charge on any atom is 0.261 e. The summed E-state index contributed by atoms with van der Waals surface area (Å²) < 4.78 is 5.47. The minimum Gasteiger partial charge on any atom is -0.379 e. The van der Waals surface area contributed by atoms with E-state index in [4.69, 9.17) is 4.74 Å². The number of imide groups is 1. The molecular formula is C23H32N4O5. The number of rotatable bonds is 9. The van der Waals surface area contributed by atoms with Crippen molar-refractivity contribution in [3.8, 4) is 0 Å². The second-order valence-electron chi connectivity index (χ2n) is 8.59. The molecule has 9 nitrogen and oxygen atoms in total. The van der Waals surface area contributed by atoms with E-state index in [9.17, 15) is 19.2 Å². The smallest absolute Gasteiger partial charge is 0.261 e. The molecule has 3 rings (SSSR count). The molecule has 0 aliphatic carbocycles. The lowest BCUT2D eigenvalue weighted by Gasteiger charge is -2.30. The molecule has 1 aromatic carbocycles. The molecule has 0 radical (unpaired) electrons. The summed E-state index contributed by atoms with van der Waals surface area (Å²) in [7, 11) is 1.44. The van der Waals surface area contributed by atoms with Crippen molar-refractivity contribution in [2.24, 2.45) is 5.92 Å². The van der Waals surface area contributed by atoms with E-state index in [1.807, 2.05) is 18.7 Å². The van der Waals surface area contributed by atoms with Crippen LogP contribution in [-0.4, -0.2) is 79.4 Å². The number of benzene rings is 1. The maximum atomic E-state index is 12.5. The lowest BCUT2D eigenvalue weighted by atomic mass is 9.96. The zero-order valence-corrected chi connectivity index (χ0v) is 19.0. The van der Waals surface area contributed by atoms with Gasteiger partial charge in [0.1, 0.15) is 0 Å². The van der Waals surface area contributed by atoms with E-state index in [0.29, 0.717) is 55.9 Å². The summed E-state index contributed by atoms with van der Waals surface area (Å²) in [6, 6.07) is 4.73. The fourth-order valence-corrected chi connectivity index (χ4v) is 3.94. The predicted molar refractivity (Wildman–Crippen MR) is 119 cm³/mol. The van der Waals surface area contributed by atoms with Crippen LogP contribution in [0.4, 0.5) is 5.69 Å². The van der Waals surface area contributed by atoms with Crippen LogP contribution in [0.2, 0.25) is 0 Å². The van der Waals surface area contributed by atoms with Crippen LogP contribution in [0, 0.1) is 5.92 Å². The second-order valence-corrected chi connectivity index (χ2v) is 8.59. The maximum absolute atomic E-state index is 12.5. The van der Waals surface area contributed by atoms with E-state index >= 15 is 0 Å². The number of fused-ring (bicyclic) bond motifs is 1. The molecule has 9 heteroatoms. The zero-order chi connectivity index (χ0) is 23.3. The Balaban J connectivity index is 1.39. The standard InChI is InChI=1S/C23H32N4O5/c1-15(2)32-12-4-9-24-21(29)16-7-10-27(11-8-16)14-20(28)25-17-5-6-18-19(13-17)23(31)26(3)22(18)30/h5-6,13,15-16H,4,7-12,14H2,1-3H3,(H,24,29)(H,25,28). The normalized spacial score (nSPS) is 17.1. The lowest BCUT2D eigenvalue weighted by Crippen LogP contribution is -2.43. The quantitative estimate of drug-likeness (QED) is 0.441. The molecule has 2 heterocycles. The molecule has 32 heavy (non-hydrogen) atoms. The van der Waals surface area contributed by atoms with Crippen molar-refractivity contribution >= 4 is 29.3 Å². The third kappa shape index (κ3) is 5.92. The fourth-order valence-electron chi connectivity index (χ4n) is 3.94. The number of nitrogens with one attached hydrogen (secondary N) is 2. The van der Waals surface area contributed by atoms with Crippen LogP contribution in [0.25, 0.3) is 0 Å². The van der Waals surface area contributed by atoms with E-state index < -0.39 is 0 Å². The number of piperidine rings is 1. The molecule has 4 amide bonds. The van der Waals surface area contributed by atoms with Gasteiger partial charge in [0, 0.05) is 31.8 Å². The number of anilines is 1. The van der Waals surface area contributed by atoms with Gasteiger partial charge in [-0.1, -0.05) is 0 Å². The molecule has 0 unspecified atom stereocenters. The summed E-state index contributed by atoms with van der Waals surface area (Å²) in [5, 5.41) is 5.77. The molecule has 1 saturated heterocycles. The first kappa shape index (κ1) is 23.9.